The van der Waals surface area contributed by atoms with Gasteiger partial charge in [-0.2, -0.15) is 41.3 Å². The van der Waals surface area contributed by atoms with Crippen LogP contribution in [0.15, 0.2) is 118 Å². The predicted octanol–water partition coefficient (Wildman–Crippen LogP) is 13.5. The number of likely N-dealkylation sites (tertiary alicyclic amines) is 4. The number of rotatable bonds is 26. The fourth-order valence-electron chi connectivity index (χ4n) is 17.5. The Morgan fingerprint density at radius 1 is 0.449 bits per heavy atom. The van der Waals surface area contributed by atoms with E-state index < -0.39 is 156 Å². The Hall–Kier alpha value is -10.8. The standard InChI is InChI=1S/C23H24F5N3O4S.C23H27F2N3O6S.C22H23F4N3O5S.C19H20F3N3O5S.CH4/c1-4-36(33,34)15-5-6-17(35-13(2)21(3,24)25)16(9-15)19(32)31-11-14-10-22(14,12-31)20-29-8-7-18(30-20)23(26,27)28;1-13(22(3,24)25)33-17-6-5-15(35(4,30)31)7-16(17)18(29)28-9-14-8-23(14,10-28)19-26-20(34-27-19)21(2)11-32-12-21;1-11(20(2,23)24)33-16-5-4-13(35(3,31)32)6-14(16)18(30)29-9-12-7-21(12,10-29)19-27-17(34-28-19)15-8-22(15,25)26;1-10(2)29-14-5-4-12(31(3,27)28)6-13(14)15(26)25-8-11-7-18(11,9-25)16-23-17(30-24-16)19(20,21)22;/h5-9,13-14H,4,10-12H2,1-3H3;5-7,13-14H,8-12H2,1-4H3;4-6,11-12,15H,7-10H2,1-3H3;4-6,10-11H,7-9H2,1-3H3;1H4. The molecule has 4 amide bonds. The number of carbonyl (C=O) groups excluding carboxylic acids is 4. The second kappa shape index (κ2) is 35.5. The highest BCUT2D eigenvalue weighted by molar-refractivity contribution is 7.91. The largest absolute Gasteiger partial charge is 0.490 e. The second-order valence-electron chi connectivity index (χ2n) is 37.8. The first-order valence-corrected chi connectivity index (χ1v) is 50.4. The van der Waals surface area contributed by atoms with E-state index in [0.717, 1.165) is 70.4 Å². The summed E-state index contributed by atoms with van der Waals surface area (Å²) in [6.07, 6.45) is -8.18. The Morgan fingerprint density at radius 2 is 0.783 bits per heavy atom. The molecule has 0 N–H and O–H groups in total. The van der Waals surface area contributed by atoms with E-state index in [4.69, 9.17) is 32.7 Å². The predicted molar refractivity (Wildman–Crippen MR) is 456 cm³/mol. The van der Waals surface area contributed by atoms with Crippen LogP contribution in [0.5, 0.6) is 23.0 Å². The Morgan fingerprint density at radius 3 is 1.10 bits per heavy atom. The van der Waals surface area contributed by atoms with E-state index in [1.807, 2.05) is 6.92 Å². The maximum atomic E-state index is 13.8. The summed E-state index contributed by atoms with van der Waals surface area (Å²) in [6, 6.07) is 15.5. The van der Waals surface area contributed by atoms with Crippen LogP contribution >= 0.6 is 0 Å². The van der Waals surface area contributed by atoms with Gasteiger partial charge in [0, 0.05) is 105 Å². The van der Waals surface area contributed by atoms with E-state index in [1.54, 1.807) is 18.7 Å². The molecule has 5 aliphatic carbocycles. The van der Waals surface area contributed by atoms with Gasteiger partial charge in [-0.1, -0.05) is 29.8 Å². The smallest absolute Gasteiger partial charge is 0.471 e. The number of piperidine rings is 4. The molecule has 752 valence electrons. The highest BCUT2D eigenvalue weighted by Gasteiger charge is 2.70. The van der Waals surface area contributed by atoms with Crippen molar-refractivity contribution in [2.24, 2.45) is 23.7 Å². The number of nitrogens with zero attached hydrogens (tertiary/aromatic N) is 12. The zero-order valence-electron chi connectivity index (χ0n) is 75.5. The quantitative estimate of drug-likeness (QED) is 0.0454. The van der Waals surface area contributed by atoms with E-state index in [-0.39, 0.29) is 176 Å². The minimum absolute atomic E-state index is 0. The van der Waals surface area contributed by atoms with E-state index in [2.05, 4.69) is 44.9 Å². The number of hydrogen-bond acceptors (Lipinski definition) is 28. The van der Waals surface area contributed by atoms with Crippen LogP contribution in [0.2, 0.25) is 0 Å². The number of benzene rings is 4. The van der Waals surface area contributed by atoms with Crippen LogP contribution in [0, 0.1) is 23.7 Å². The molecule has 9 heterocycles. The fourth-order valence-corrected chi connectivity index (χ4v) is 20.3. The summed E-state index contributed by atoms with van der Waals surface area (Å²) in [7, 11) is -14.6. The summed E-state index contributed by atoms with van der Waals surface area (Å²) in [6.45, 7) is 15.2. The number of ether oxygens (including phenoxy) is 5. The van der Waals surface area contributed by atoms with Gasteiger partial charge in [-0.15, -0.1) is 0 Å². The molecular weight excluding hydrogens is 1940 g/mol. The van der Waals surface area contributed by atoms with Crippen molar-refractivity contribution in [3.63, 3.8) is 0 Å². The zero-order valence-corrected chi connectivity index (χ0v) is 78.8. The lowest BCUT2D eigenvalue weighted by Crippen LogP contribution is -2.44. The SMILES string of the molecule is C.CC(C)Oc1ccc(S(C)(=O)=O)cc1C(=O)N1CC2CC2(c2noc(C(F)(F)F)n2)C1.CC(Oc1ccc(S(C)(=O)=O)cc1C(=O)N1CC2CC2(c2noc(C3(C)COC3)n2)C1)C(C)(F)F.CC(Oc1ccc(S(C)(=O)=O)cc1C(=O)N1CC2CC2(c2noc(C3CC3(F)F)n2)C1)C(C)(F)F.CCS(=O)(=O)c1ccc(OC(C)C(C)(F)F)c(C(=O)N2CC3CC3(c3nccc(C(F)(F)F)n3)C2)c1. The van der Waals surface area contributed by atoms with Crippen molar-refractivity contribution in [1.29, 1.82) is 0 Å². The van der Waals surface area contributed by atoms with Gasteiger partial charge in [-0.3, -0.25) is 19.2 Å². The van der Waals surface area contributed by atoms with Crippen LogP contribution in [0.4, 0.5) is 61.5 Å². The van der Waals surface area contributed by atoms with Gasteiger partial charge in [0.05, 0.1) is 94.0 Å². The number of aromatic nitrogens is 8. The summed E-state index contributed by atoms with van der Waals surface area (Å²) in [5.41, 5.74) is -4.47. The van der Waals surface area contributed by atoms with E-state index in [0.29, 0.717) is 77.7 Å². The summed E-state index contributed by atoms with van der Waals surface area (Å²) in [5.74, 6) is -16.7. The fraction of sp³-hybridized carbons (Fsp3) is 0.568. The minimum Gasteiger partial charge on any atom is -0.490 e. The molecule has 5 saturated carbocycles. The molecule has 0 spiro atoms. The number of carbonyl (C=O) groups is 4. The third kappa shape index (κ3) is 20.6. The molecule has 4 aromatic heterocycles. The molecule has 50 heteroatoms. The van der Waals surface area contributed by atoms with Crippen molar-refractivity contribution < 1.29 is 152 Å². The average molecular weight is 2040 g/mol. The first-order chi connectivity index (χ1) is 63.2. The molecule has 18 rings (SSSR count). The van der Waals surface area contributed by atoms with E-state index in [1.165, 1.54) is 89.2 Å². The lowest BCUT2D eigenvalue weighted by atomic mass is 9.88. The monoisotopic (exact) mass is 2040 g/mol. The molecule has 12 atom stereocenters. The molecule has 0 radical (unpaired) electrons. The summed E-state index contributed by atoms with van der Waals surface area (Å²) < 4.78 is 326. The molecule has 10 aliphatic rings. The molecule has 0 bridgehead atoms. The molecule has 10 fully saturated rings. The Balaban J connectivity index is 0.000000147. The van der Waals surface area contributed by atoms with Crippen LogP contribution in [0.3, 0.4) is 0 Å². The van der Waals surface area contributed by atoms with Crippen LogP contribution in [-0.2, 0) is 83.5 Å². The Bertz CT molecular complexity index is 6590. The molecule has 12 unspecified atom stereocenters. The zero-order chi connectivity index (χ0) is 100. The first kappa shape index (κ1) is 103. The second-order valence-corrected chi connectivity index (χ2v) is 46.1. The van der Waals surface area contributed by atoms with Gasteiger partial charge >= 0.3 is 18.2 Å². The lowest BCUT2D eigenvalue weighted by Gasteiger charge is -2.34. The number of hydrogen-bond donors (Lipinski definition) is 0. The van der Waals surface area contributed by atoms with E-state index in [9.17, 15) is 114 Å². The Kier molecular flexibility index (Phi) is 26.5. The molecular formula is C88H98F14N12O20S4. The third-order valence-corrected chi connectivity index (χ3v) is 31.7. The lowest BCUT2D eigenvalue weighted by molar-refractivity contribution is -0.159. The molecule has 5 saturated heterocycles. The number of amides is 4. The normalized spacial score (nSPS) is 24.9. The average Bonchev–Trinajstić information content (AvgIpc) is 1.52. The highest BCUT2D eigenvalue weighted by atomic mass is 32.2. The maximum Gasteiger partial charge on any atom is 0.471 e. The van der Waals surface area contributed by atoms with Crippen molar-refractivity contribution in [3.8, 4) is 23.0 Å². The van der Waals surface area contributed by atoms with E-state index >= 15 is 0 Å². The number of fused-ring (bicyclic) bond motifs is 4. The minimum atomic E-state index is -4.74. The maximum absolute atomic E-state index is 13.8. The van der Waals surface area contributed by atoms with Gasteiger partial charge in [-0.25, -0.2) is 78.8 Å². The third-order valence-electron chi connectivity index (χ3n) is 26.6. The van der Waals surface area contributed by atoms with Crippen LogP contribution in [0.1, 0.15) is 203 Å². The van der Waals surface area contributed by atoms with Gasteiger partial charge in [0.1, 0.15) is 40.4 Å². The number of alkyl halides is 14. The van der Waals surface area contributed by atoms with Crippen molar-refractivity contribution in [1.82, 2.24) is 60.0 Å². The first-order valence-electron chi connectivity index (χ1n) is 43.1. The van der Waals surface area contributed by atoms with Gasteiger partial charge in [0.15, 0.2) is 75.1 Å². The van der Waals surface area contributed by atoms with Crippen molar-refractivity contribution in [2.45, 2.75) is 222 Å². The highest BCUT2D eigenvalue weighted by Crippen LogP contribution is 2.63. The molecule has 8 aromatic rings. The summed E-state index contributed by atoms with van der Waals surface area (Å²) in [5, 5.41) is 11.6. The van der Waals surface area contributed by atoms with Crippen LogP contribution < -0.4 is 18.9 Å². The van der Waals surface area contributed by atoms with Crippen molar-refractivity contribution in [3.05, 3.63) is 154 Å². The van der Waals surface area contributed by atoms with Gasteiger partial charge in [0.25, 0.3) is 47.3 Å². The molecule has 138 heavy (non-hydrogen) atoms. The van der Waals surface area contributed by atoms with Crippen molar-refractivity contribution >= 4 is 63.0 Å². The van der Waals surface area contributed by atoms with Crippen molar-refractivity contribution in [2.75, 3.05) is 90.1 Å². The summed E-state index contributed by atoms with van der Waals surface area (Å²) >= 11 is 0. The van der Waals surface area contributed by atoms with Gasteiger partial charge < -0.3 is 56.9 Å². The molecule has 4 aromatic carbocycles. The molecule has 5 aliphatic heterocycles. The van der Waals surface area contributed by atoms with Crippen LogP contribution in [0.25, 0.3) is 0 Å². The van der Waals surface area contributed by atoms with Gasteiger partial charge in [-0.05, 0) is 170 Å². The Labute approximate surface area is 783 Å². The number of sulfone groups is 4. The number of halogens is 14. The molecule has 32 nitrogen and oxygen atoms in total. The summed E-state index contributed by atoms with van der Waals surface area (Å²) in [4.78, 5) is 79.0. The van der Waals surface area contributed by atoms with Gasteiger partial charge in [0.2, 0.25) is 11.8 Å². The van der Waals surface area contributed by atoms with Crippen LogP contribution in [-0.4, -0.2) is 255 Å². The topological polar surface area (TPSA) is 406 Å².